The van der Waals surface area contributed by atoms with E-state index < -0.39 is 5.41 Å². The van der Waals surface area contributed by atoms with Crippen LogP contribution in [0.25, 0.3) is 0 Å². The van der Waals surface area contributed by atoms with Gasteiger partial charge in [0.2, 0.25) is 0 Å². The first kappa shape index (κ1) is 23.4. The molecule has 1 aliphatic rings. The van der Waals surface area contributed by atoms with E-state index in [0.29, 0.717) is 6.42 Å². The molecule has 0 heterocycles. The van der Waals surface area contributed by atoms with Crippen LogP contribution in [0.3, 0.4) is 0 Å². The normalized spacial score (nSPS) is 12.8. The van der Waals surface area contributed by atoms with Gasteiger partial charge < -0.3 is 14.2 Å². The van der Waals surface area contributed by atoms with Gasteiger partial charge in [-0.25, -0.2) is 0 Å². The fraction of sp³-hybridized carbons (Fsp3) is 0.200. The lowest BCUT2D eigenvalue weighted by Gasteiger charge is -2.33. The first-order chi connectivity index (χ1) is 16.1. The Bertz CT molecular complexity index is 1100. The van der Waals surface area contributed by atoms with Crippen molar-refractivity contribution in [1.82, 2.24) is 0 Å². The summed E-state index contributed by atoms with van der Waals surface area (Å²) in [5, 5.41) is 0. The quantitative estimate of drug-likeness (QED) is 0.492. The monoisotopic (exact) mass is 434 g/mol. The van der Waals surface area contributed by atoms with Gasteiger partial charge in [-0.1, -0.05) is 60.3 Å². The van der Waals surface area contributed by atoms with Gasteiger partial charge in [0, 0.05) is 11.8 Å². The van der Waals surface area contributed by atoms with Gasteiger partial charge in [-0.2, -0.15) is 0 Å². The van der Waals surface area contributed by atoms with E-state index in [0.717, 1.165) is 34.0 Å². The Balaban J connectivity index is 2.04. The van der Waals surface area contributed by atoms with Crippen molar-refractivity contribution in [3.8, 4) is 48.5 Å². The molecule has 3 rings (SSSR count). The zero-order valence-electron chi connectivity index (χ0n) is 18.7. The summed E-state index contributed by atoms with van der Waals surface area (Å²) in [5.41, 5.74) is 2.86. The first-order valence-electron chi connectivity index (χ1n) is 10.6. The highest BCUT2D eigenvalue weighted by Crippen LogP contribution is 2.41. The van der Waals surface area contributed by atoms with Crippen LogP contribution in [0.4, 0.5) is 0 Å². The second-order valence-corrected chi connectivity index (χ2v) is 7.51. The van der Waals surface area contributed by atoms with E-state index in [2.05, 4.69) is 67.2 Å². The summed E-state index contributed by atoms with van der Waals surface area (Å²) < 4.78 is 16.8. The molecule has 0 saturated carbocycles. The number of terminal acetylenes is 3. The molecule has 0 bridgehead atoms. The molecule has 0 atom stereocenters. The van der Waals surface area contributed by atoms with Crippen molar-refractivity contribution in [2.24, 2.45) is 0 Å². The lowest BCUT2D eigenvalue weighted by Crippen LogP contribution is -2.25. The molecule has 3 nitrogen and oxygen atoms in total. The third-order valence-electron chi connectivity index (χ3n) is 5.49. The molecule has 1 aliphatic carbocycles. The van der Waals surface area contributed by atoms with Gasteiger partial charge in [0.25, 0.3) is 0 Å². The number of ether oxygens (including phenoxy) is 3. The van der Waals surface area contributed by atoms with Gasteiger partial charge in [0.15, 0.2) is 0 Å². The molecule has 0 aliphatic heterocycles. The minimum atomic E-state index is -0.455. The van der Waals surface area contributed by atoms with Crippen LogP contribution >= 0.6 is 0 Å². The van der Waals surface area contributed by atoms with Crippen molar-refractivity contribution in [3.05, 3.63) is 95.3 Å². The molecule has 0 saturated heterocycles. The maximum atomic E-state index is 5.65. The van der Waals surface area contributed by atoms with Crippen molar-refractivity contribution in [2.45, 2.75) is 18.8 Å². The van der Waals surface area contributed by atoms with Crippen LogP contribution in [-0.4, -0.2) is 19.8 Å². The van der Waals surface area contributed by atoms with E-state index >= 15 is 0 Å². The minimum absolute atomic E-state index is 0.231. The van der Waals surface area contributed by atoms with Crippen LogP contribution in [0.15, 0.2) is 84.2 Å². The van der Waals surface area contributed by atoms with Gasteiger partial charge in [-0.3, -0.25) is 0 Å². The van der Waals surface area contributed by atoms with Crippen LogP contribution in [0.5, 0.6) is 11.5 Å². The predicted octanol–water partition coefficient (Wildman–Crippen LogP) is 5.44. The van der Waals surface area contributed by atoms with E-state index in [1.165, 1.54) is 0 Å². The lowest BCUT2D eigenvalue weighted by molar-refractivity contribution is 0.248. The molecule has 0 aromatic heterocycles. The zero-order chi connectivity index (χ0) is 23.5. The molecule has 3 heteroatoms. The zero-order valence-corrected chi connectivity index (χ0v) is 18.7. The topological polar surface area (TPSA) is 27.7 Å². The summed E-state index contributed by atoms with van der Waals surface area (Å²) in [6.45, 7) is 2.90. The maximum absolute atomic E-state index is 5.65. The van der Waals surface area contributed by atoms with Crippen molar-refractivity contribution < 1.29 is 14.2 Å². The molecule has 0 unspecified atom stereocenters. The van der Waals surface area contributed by atoms with Crippen molar-refractivity contribution in [3.63, 3.8) is 0 Å². The number of benzene rings is 2. The highest BCUT2D eigenvalue weighted by atomic mass is 16.5. The van der Waals surface area contributed by atoms with Crippen molar-refractivity contribution in [1.29, 1.82) is 0 Å². The average molecular weight is 435 g/mol. The van der Waals surface area contributed by atoms with Crippen LogP contribution in [0.2, 0.25) is 0 Å². The summed E-state index contributed by atoms with van der Waals surface area (Å²) in [4.78, 5) is 0. The van der Waals surface area contributed by atoms with E-state index in [1.54, 1.807) is 0 Å². The second-order valence-electron chi connectivity index (χ2n) is 7.51. The van der Waals surface area contributed by atoms with Crippen LogP contribution in [0.1, 0.15) is 24.5 Å². The Labute approximate surface area is 196 Å². The molecule has 0 spiro atoms. The fourth-order valence-corrected chi connectivity index (χ4v) is 3.70. The summed E-state index contributed by atoms with van der Waals surface area (Å²) in [7, 11) is 0. The summed E-state index contributed by atoms with van der Waals surface area (Å²) in [6.07, 6.45) is 24.9. The Kier molecular flexibility index (Phi) is 8.07. The number of hydrogen-bond donors (Lipinski definition) is 0. The van der Waals surface area contributed by atoms with Gasteiger partial charge in [-0.05, 0) is 54.0 Å². The molecule has 0 amide bonds. The van der Waals surface area contributed by atoms with Gasteiger partial charge in [0.05, 0.1) is 0 Å². The largest absolute Gasteiger partial charge is 0.485 e. The Morgan fingerprint density at radius 3 is 1.70 bits per heavy atom. The summed E-state index contributed by atoms with van der Waals surface area (Å²) in [5.74, 6) is 9.78. The van der Waals surface area contributed by atoms with Crippen LogP contribution in [0, 0.1) is 37.0 Å². The first-order valence-corrected chi connectivity index (χ1v) is 10.6. The fourth-order valence-electron chi connectivity index (χ4n) is 3.70. The Morgan fingerprint density at radius 2 is 1.21 bits per heavy atom. The highest BCUT2D eigenvalue weighted by molar-refractivity contribution is 5.54. The van der Waals surface area contributed by atoms with E-state index in [1.807, 2.05) is 30.3 Å². The standard InChI is InChI=1S/C30H26O3/c1-5-21-31-27-10-8-9-24(11-16-27)30(4,25-12-17-28(18-13-25)32-22-6-2)26-14-19-29(20-15-26)33-23-7-3/h1-3,8-9,11-20H,10,21-23H2,4H3. The van der Waals surface area contributed by atoms with E-state index in [-0.39, 0.29) is 19.8 Å². The SMILES string of the molecule is C#CCOC1=CC=C(C(C)(c2ccc(OCC#C)cc2)c2ccc(OCC#C)cc2)C=CC1. The van der Waals surface area contributed by atoms with Crippen LogP contribution < -0.4 is 9.47 Å². The smallest absolute Gasteiger partial charge is 0.148 e. The number of rotatable bonds is 9. The van der Waals surface area contributed by atoms with Crippen LogP contribution in [-0.2, 0) is 10.2 Å². The molecular formula is C30H26O3. The highest BCUT2D eigenvalue weighted by Gasteiger charge is 2.32. The van der Waals surface area contributed by atoms with E-state index in [4.69, 9.17) is 33.5 Å². The van der Waals surface area contributed by atoms with Crippen molar-refractivity contribution in [2.75, 3.05) is 19.8 Å². The molecule has 0 radical (unpaired) electrons. The second kappa shape index (κ2) is 11.4. The molecule has 2 aromatic rings. The minimum Gasteiger partial charge on any atom is -0.485 e. The third kappa shape index (κ3) is 5.71. The molecule has 0 N–H and O–H groups in total. The Morgan fingerprint density at radius 1 is 0.727 bits per heavy atom. The summed E-state index contributed by atoms with van der Waals surface area (Å²) in [6, 6.07) is 16.0. The van der Waals surface area contributed by atoms with Gasteiger partial charge in [-0.15, -0.1) is 19.3 Å². The predicted molar refractivity (Wildman–Crippen MR) is 133 cm³/mol. The lowest BCUT2D eigenvalue weighted by atomic mass is 9.70. The average Bonchev–Trinajstić information content (AvgIpc) is 3.11. The maximum Gasteiger partial charge on any atom is 0.148 e. The third-order valence-corrected chi connectivity index (χ3v) is 5.49. The Hall–Kier alpha value is -4.26. The van der Waals surface area contributed by atoms with Gasteiger partial charge in [0.1, 0.15) is 37.1 Å². The number of allylic oxidation sites excluding steroid dienone is 5. The molecule has 33 heavy (non-hydrogen) atoms. The van der Waals surface area contributed by atoms with Crippen molar-refractivity contribution >= 4 is 0 Å². The molecule has 0 fully saturated rings. The summed E-state index contributed by atoms with van der Waals surface area (Å²) >= 11 is 0. The molecule has 2 aromatic carbocycles. The molecular weight excluding hydrogens is 408 g/mol. The number of hydrogen-bond acceptors (Lipinski definition) is 3. The molecule has 164 valence electrons. The van der Waals surface area contributed by atoms with Gasteiger partial charge >= 0.3 is 0 Å². The van der Waals surface area contributed by atoms with E-state index in [9.17, 15) is 0 Å².